The van der Waals surface area contributed by atoms with E-state index in [9.17, 15) is 4.79 Å². The van der Waals surface area contributed by atoms with Crippen molar-refractivity contribution < 1.29 is 14.3 Å². The van der Waals surface area contributed by atoms with Gasteiger partial charge in [-0.3, -0.25) is 0 Å². The van der Waals surface area contributed by atoms with Crippen molar-refractivity contribution in [2.45, 2.75) is 45.6 Å². The first kappa shape index (κ1) is 19.3. The Morgan fingerprint density at radius 2 is 1.52 bits per heavy atom. The summed E-state index contributed by atoms with van der Waals surface area (Å²) >= 11 is 5.96. The molecular weight excluding hydrogens is 336 g/mol. The third kappa shape index (κ3) is 5.23. The van der Waals surface area contributed by atoms with Crippen LogP contribution in [0.4, 0.5) is 0 Å². The second kappa shape index (κ2) is 8.91. The van der Waals surface area contributed by atoms with Crippen LogP contribution in [-0.2, 0) is 9.53 Å². The van der Waals surface area contributed by atoms with Gasteiger partial charge in [0, 0.05) is 10.9 Å². The summed E-state index contributed by atoms with van der Waals surface area (Å²) < 4.78 is 11.2. The monoisotopic (exact) mass is 360 g/mol. The average Bonchev–Trinajstić information content (AvgIpc) is 2.60. The van der Waals surface area contributed by atoms with Crippen molar-refractivity contribution in [2.75, 3.05) is 6.61 Å². The molecule has 2 aromatic rings. The molecule has 0 radical (unpaired) electrons. The molecule has 0 aliphatic carbocycles. The van der Waals surface area contributed by atoms with E-state index in [1.165, 1.54) is 5.56 Å². The number of hydrogen-bond donors (Lipinski definition) is 0. The number of carbonyl (C=O) groups is 1. The first-order valence-electron chi connectivity index (χ1n) is 8.61. The van der Waals surface area contributed by atoms with Gasteiger partial charge in [-0.15, -0.1) is 0 Å². The lowest BCUT2D eigenvalue weighted by Crippen LogP contribution is -2.34. The van der Waals surface area contributed by atoms with E-state index in [0.29, 0.717) is 23.3 Å². The first-order chi connectivity index (χ1) is 11.9. The summed E-state index contributed by atoms with van der Waals surface area (Å²) in [4.78, 5) is 12.4. The molecular formula is C21H25ClO3. The predicted molar refractivity (Wildman–Crippen MR) is 101 cm³/mol. The molecule has 0 amide bonds. The first-order valence-corrected chi connectivity index (χ1v) is 8.98. The van der Waals surface area contributed by atoms with E-state index in [-0.39, 0.29) is 11.9 Å². The molecule has 2 aromatic carbocycles. The lowest BCUT2D eigenvalue weighted by molar-refractivity contribution is -0.152. The molecule has 0 aliphatic rings. The molecule has 0 unspecified atom stereocenters. The Bertz CT molecular complexity index is 677. The van der Waals surface area contributed by atoms with Crippen LogP contribution in [0.3, 0.4) is 0 Å². The SMILES string of the molecule is CCOC(=O)[C@H](Oc1ccc(C(C)C)cc1)[C@H](C)c1ccc(Cl)cc1. The molecule has 3 nitrogen and oxygen atoms in total. The van der Waals surface area contributed by atoms with E-state index in [2.05, 4.69) is 13.8 Å². The van der Waals surface area contributed by atoms with E-state index in [1.54, 1.807) is 6.92 Å². The van der Waals surface area contributed by atoms with Crippen LogP contribution in [0.2, 0.25) is 5.02 Å². The van der Waals surface area contributed by atoms with Gasteiger partial charge < -0.3 is 9.47 Å². The Morgan fingerprint density at radius 1 is 0.960 bits per heavy atom. The van der Waals surface area contributed by atoms with Crippen LogP contribution in [-0.4, -0.2) is 18.7 Å². The van der Waals surface area contributed by atoms with E-state index >= 15 is 0 Å². The van der Waals surface area contributed by atoms with Crippen molar-refractivity contribution in [3.63, 3.8) is 0 Å². The molecule has 25 heavy (non-hydrogen) atoms. The number of rotatable bonds is 7. The van der Waals surface area contributed by atoms with Crippen molar-refractivity contribution in [1.29, 1.82) is 0 Å². The third-order valence-corrected chi connectivity index (χ3v) is 4.43. The molecule has 0 aliphatic heterocycles. The number of ether oxygens (including phenoxy) is 2. The van der Waals surface area contributed by atoms with Crippen molar-refractivity contribution in [3.05, 3.63) is 64.7 Å². The Hall–Kier alpha value is -2.00. The molecule has 0 saturated carbocycles. The number of carbonyl (C=O) groups excluding carboxylic acids is 1. The number of halogens is 1. The minimum absolute atomic E-state index is 0.166. The summed E-state index contributed by atoms with van der Waals surface area (Å²) in [6, 6.07) is 15.3. The third-order valence-electron chi connectivity index (χ3n) is 4.18. The zero-order valence-corrected chi connectivity index (χ0v) is 15.9. The van der Waals surface area contributed by atoms with Gasteiger partial charge in [-0.25, -0.2) is 4.79 Å². The summed E-state index contributed by atoms with van der Waals surface area (Å²) in [5, 5.41) is 0.661. The maximum Gasteiger partial charge on any atom is 0.347 e. The largest absolute Gasteiger partial charge is 0.478 e. The van der Waals surface area contributed by atoms with Gasteiger partial charge in [0.2, 0.25) is 6.10 Å². The molecule has 0 heterocycles. The summed E-state index contributed by atoms with van der Waals surface area (Å²) in [5.74, 6) is 0.574. The predicted octanol–water partition coefficient (Wildman–Crippen LogP) is 5.58. The Balaban J connectivity index is 2.23. The molecule has 2 atom stereocenters. The smallest absolute Gasteiger partial charge is 0.347 e. The fraction of sp³-hybridized carbons (Fsp3) is 0.381. The molecule has 134 valence electrons. The van der Waals surface area contributed by atoms with Crippen LogP contribution in [0.5, 0.6) is 5.75 Å². The van der Waals surface area contributed by atoms with Crippen LogP contribution in [0.1, 0.15) is 50.7 Å². The Labute approximate surface area is 154 Å². The average molecular weight is 361 g/mol. The molecule has 0 bridgehead atoms. The summed E-state index contributed by atoms with van der Waals surface area (Å²) in [6.07, 6.45) is -0.717. The fourth-order valence-corrected chi connectivity index (χ4v) is 2.72. The van der Waals surface area contributed by atoms with Crippen LogP contribution in [0.25, 0.3) is 0 Å². The van der Waals surface area contributed by atoms with E-state index in [0.717, 1.165) is 5.56 Å². The van der Waals surface area contributed by atoms with Gasteiger partial charge in [-0.05, 0) is 48.2 Å². The Morgan fingerprint density at radius 3 is 2.04 bits per heavy atom. The molecule has 0 fully saturated rings. The second-order valence-corrected chi connectivity index (χ2v) is 6.79. The van der Waals surface area contributed by atoms with E-state index in [1.807, 2.05) is 55.5 Å². The summed E-state index contributed by atoms with van der Waals surface area (Å²) in [6.45, 7) is 8.34. The molecule has 0 N–H and O–H groups in total. The minimum atomic E-state index is -0.717. The van der Waals surface area contributed by atoms with Crippen LogP contribution >= 0.6 is 11.6 Å². The van der Waals surface area contributed by atoms with Crippen molar-refractivity contribution >= 4 is 17.6 Å². The van der Waals surface area contributed by atoms with Crippen molar-refractivity contribution in [2.24, 2.45) is 0 Å². The van der Waals surface area contributed by atoms with E-state index in [4.69, 9.17) is 21.1 Å². The van der Waals surface area contributed by atoms with Crippen molar-refractivity contribution in [3.8, 4) is 5.75 Å². The van der Waals surface area contributed by atoms with Gasteiger partial charge in [-0.2, -0.15) is 0 Å². The zero-order valence-electron chi connectivity index (χ0n) is 15.2. The number of benzene rings is 2. The standard InChI is InChI=1S/C21H25ClO3/c1-5-24-21(23)20(15(4)17-6-10-18(22)11-7-17)25-19-12-8-16(9-13-19)14(2)3/h6-15,20H,5H2,1-4H3/t15-,20-/m1/s1. The molecule has 0 aromatic heterocycles. The highest BCUT2D eigenvalue weighted by Gasteiger charge is 2.29. The van der Waals surface area contributed by atoms with Gasteiger partial charge in [0.05, 0.1) is 6.61 Å². The van der Waals surface area contributed by atoms with Gasteiger partial charge in [0.25, 0.3) is 0 Å². The molecule has 4 heteroatoms. The molecule has 0 spiro atoms. The van der Waals surface area contributed by atoms with E-state index < -0.39 is 6.10 Å². The summed E-state index contributed by atoms with van der Waals surface area (Å²) in [5.41, 5.74) is 2.20. The fourth-order valence-electron chi connectivity index (χ4n) is 2.60. The molecule has 2 rings (SSSR count). The number of esters is 1. The lowest BCUT2D eigenvalue weighted by Gasteiger charge is -2.24. The van der Waals surface area contributed by atoms with Crippen molar-refractivity contribution in [1.82, 2.24) is 0 Å². The minimum Gasteiger partial charge on any atom is -0.478 e. The topological polar surface area (TPSA) is 35.5 Å². The molecule has 0 saturated heterocycles. The maximum atomic E-state index is 12.4. The second-order valence-electron chi connectivity index (χ2n) is 6.35. The normalized spacial score (nSPS) is 13.4. The highest BCUT2D eigenvalue weighted by molar-refractivity contribution is 6.30. The van der Waals surface area contributed by atoms with Gasteiger partial charge >= 0.3 is 5.97 Å². The van der Waals surface area contributed by atoms with Crippen LogP contribution in [0, 0.1) is 0 Å². The van der Waals surface area contributed by atoms with Gasteiger partial charge in [-0.1, -0.05) is 56.6 Å². The van der Waals surface area contributed by atoms with Gasteiger partial charge in [0.1, 0.15) is 5.75 Å². The van der Waals surface area contributed by atoms with Crippen LogP contribution in [0.15, 0.2) is 48.5 Å². The highest BCUT2D eigenvalue weighted by Crippen LogP contribution is 2.27. The maximum absolute atomic E-state index is 12.4. The van der Waals surface area contributed by atoms with Crippen LogP contribution < -0.4 is 4.74 Å². The quantitative estimate of drug-likeness (QED) is 0.605. The highest BCUT2D eigenvalue weighted by atomic mass is 35.5. The zero-order chi connectivity index (χ0) is 18.4. The lowest BCUT2D eigenvalue weighted by atomic mass is 9.95. The number of hydrogen-bond acceptors (Lipinski definition) is 3. The van der Waals surface area contributed by atoms with Gasteiger partial charge in [0.15, 0.2) is 0 Å². The summed E-state index contributed by atoms with van der Waals surface area (Å²) in [7, 11) is 0. The Kier molecular flexibility index (Phi) is 6.89.